The van der Waals surface area contributed by atoms with E-state index in [0.717, 1.165) is 35.4 Å². The number of ether oxygens (including phenoxy) is 2. The summed E-state index contributed by atoms with van der Waals surface area (Å²) in [6.45, 7) is 0.726. The van der Waals surface area contributed by atoms with Gasteiger partial charge in [-0.3, -0.25) is 0 Å². The molecule has 2 nitrogen and oxygen atoms in total. The van der Waals surface area contributed by atoms with Crippen molar-refractivity contribution in [3.63, 3.8) is 0 Å². The van der Waals surface area contributed by atoms with E-state index in [1.807, 2.05) is 42.5 Å². The lowest BCUT2D eigenvalue weighted by Crippen LogP contribution is -1.94. The maximum Gasteiger partial charge on any atom is 0.128 e. The van der Waals surface area contributed by atoms with E-state index in [4.69, 9.17) is 21.1 Å². The second-order valence-electron chi connectivity index (χ2n) is 4.38. The van der Waals surface area contributed by atoms with Crippen LogP contribution in [0.5, 0.6) is 11.5 Å². The van der Waals surface area contributed by atoms with Crippen LogP contribution in [0.1, 0.15) is 11.1 Å². The Kier molecular flexibility index (Phi) is 5.89. The van der Waals surface area contributed by atoms with Crippen molar-refractivity contribution >= 4 is 27.5 Å². The van der Waals surface area contributed by atoms with Gasteiger partial charge in [0.25, 0.3) is 0 Å². The maximum atomic E-state index is 6.15. The molecule has 0 aromatic heterocycles. The second-order valence-corrected chi connectivity index (χ2v) is 5.34. The van der Waals surface area contributed by atoms with Gasteiger partial charge in [-0.15, -0.1) is 0 Å². The molecule has 0 N–H and O–H groups in total. The summed E-state index contributed by atoms with van der Waals surface area (Å²) < 4.78 is 10.8. The lowest BCUT2D eigenvalue weighted by molar-refractivity contribution is 0.202. The maximum absolute atomic E-state index is 6.15. The highest BCUT2D eigenvalue weighted by Gasteiger charge is 2.03. The highest BCUT2D eigenvalue weighted by Crippen LogP contribution is 2.28. The van der Waals surface area contributed by atoms with E-state index in [2.05, 4.69) is 15.9 Å². The third kappa shape index (κ3) is 4.23. The van der Waals surface area contributed by atoms with Crippen molar-refractivity contribution in [2.24, 2.45) is 0 Å². The third-order valence-electron chi connectivity index (χ3n) is 2.92. The fourth-order valence-electron chi connectivity index (χ4n) is 1.78. The Balaban J connectivity index is 2.04. The van der Waals surface area contributed by atoms with Gasteiger partial charge in [-0.25, -0.2) is 0 Å². The Morgan fingerprint density at radius 2 is 1.75 bits per heavy atom. The molecule has 0 aliphatic heterocycles. The minimum absolute atomic E-state index is 0.705. The monoisotopic (exact) mass is 354 g/mol. The summed E-state index contributed by atoms with van der Waals surface area (Å²) in [5.41, 5.74) is 2.28. The van der Waals surface area contributed by atoms with Gasteiger partial charge in [0.05, 0.1) is 6.61 Å². The summed E-state index contributed by atoms with van der Waals surface area (Å²) in [6, 6.07) is 13.7. The molecule has 106 valence electrons. The van der Waals surface area contributed by atoms with Crippen molar-refractivity contribution < 1.29 is 9.47 Å². The highest BCUT2D eigenvalue weighted by atomic mass is 79.9. The molecule has 20 heavy (non-hydrogen) atoms. The topological polar surface area (TPSA) is 18.5 Å². The molecule has 0 fully saturated rings. The van der Waals surface area contributed by atoms with Gasteiger partial charge in [0.15, 0.2) is 0 Å². The van der Waals surface area contributed by atoms with Crippen molar-refractivity contribution in [2.45, 2.75) is 11.8 Å². The Bertz CT molecular complexity index is 555. The van der Waals surface area contributed by atoms with Crippen LogP contribution in [0.25, 0.3) is 0 Å². The van der Waals surface area contributed by atoms with E-state index in [1.54, 1.807) is 7.11 Å². The Morgan fingerprint density at radius 1 is 1.05 bits per heavy atom. The van der Waals surface area contributed by atoms with Gasteiger partial charge in [-0.2, -0.15) is 0 Å². The first kappa shape index (κ1) is 15.4. The van der Waals surface area contributed by atoms with Gasteiger partial charge in [-0.1, -0.05) is 45.7 Å². The number of rotatable bonds is 6. The average molecular weight is 356 g/mol. The quantitative estimate of drug-likeness (QED) is 0.662. The van der Waals surface area contributed by atoms with Crippen molar-refractivity contribution in [3.8, 4) is 11.5 Å². The molecule has 0 radical (unpaired) electrons. The minimum atomic E-state index is 0.705. The molecule has 0 aliphatic rings. The first-order chi connectivity index (χ1) is 9.72. The van der Waals surface area contributed by atoms with Crippen LogP contribution in [0.3, 0.4) is 0 Å². The lowest BCUT2D eigenvalue weighted by atomic mass is 10.1. The van der Waals surface area contributed by atoms with E-state index in [1.165, 1.54) is 5.56 Å². The molecule has 2 aromatic carbocycles. The molecule has 0 bridgehead atoms. The van der Waals surface area contributed by atoms with Crippen LogP contribution in [-0.4, -0.2) is 13.7 Å². The van der Waals surface area contributed by atoms with Crippen LogP contribution in [0.15, 0.2) is 42.5 Å². The van der Waals surface area contributed by atoms with Gasteiger partial charge in [-0.05, 0) is 41.8 Å². The van der Waals surface area contributed by atoms with Crippen LogP contribution in [0.2, 0.25) is 5.02 Å². The molecule has 0 spiro atoms. The normalized spacial score (nSPS) is 10.6. The van der Waals surface area contributed by atoms with E-state index >= 15 is 0 Å². The van der Waals surface area contributed by atoms with E-state index in [-0.39, 0.29) is 0 Å². The van der Waals surface area contributed by atoms with Crippen molar-refractivity contribution in [1.82, 2.24) is 0 Å². The van der Waals surface area contributed by atoms with Gasteiger partial charge in [0, 0.05) is 17.5 Å². The summed E-state index contributed by atoms with van der Waals surface area (Å²) in [6.07, 6.45) is 0.905. The standard InChI is InChI=1S/C16H16BrClO2/c1-19-9-8-12-2-5-14(6-3-12)20-15-7-4-13(11-17)16(18)10-15/h2-7,10H,8-9,11H2,1H3. The fraction of sp³-hybridized carbons (Fsp3) is 0.250. The smallest absolute Gasteiger partial charge is 0.128 e. The number of methoxy groups -OCH3 is 1. The summed E-state index contributed by atoms with van der Waals surface area (Å²) in [5, 5.41) is 1.44. The molecular formula is C16H16BrClO2. The van der Waals surface area contributed by atoms with Crippen molar-refractivity contribution in [1.29, 1.82) is 0 Å². The number of alkyl halides is 1. The molecule has 0 atom stereocenters. The van der Waals surface area contributed by atoms with Crippen LogP contribution >= 0.6 is 27.5 Å². The number of benzene rings is 2. The highest BCUT2D eigenvalue weighted by molar-refractivity contribution is 9.08. The minimum Gasteiger partial charge on any atom is -0.457 e. The molecule has 0 heterocycles. The molecule has 2 rings (SSSR count). The van der Waals surface area contributed by atoms with E-state index in [9.17, 15) is 0 Å². The fourth-order valence-corrected chi connectivity index (χ4v) is 2.67. The third-order valence-corrected chi connectivity index (χ3v) is 3.88. The van der Waals surface area contributed by atoms with Crippen LogP contribution in [0, 0.1) is 0 Å². The zero-order valence-corrected chi connectivity index (χ0v) is 13.6. The molecule has 0 unspecified atom stereocenters. The first-order valence-electron chi connectivity index (χ1n) is 6.33. The summed E-state index contributed by atoms with van der Waals surface area (Å²) in [7, 11) is 1.71. The van der Waals surface area contributed by atoms with Crippen LogP contribution in [-0.2, 0) is 16.5 Å². The number of hydrogen-bond donors (Lipinski definition) is 0. The predicted octanol–water partition coefficient (Wildman–Crippen LogP) is 5.22. The van der Waals surface area contributed by atoms with E-state index in [0.29, 0.717) is 5.02 Å². The Labute approximate surface area is 132 Å². The van der Waals surface area contributed by atoms with Crippen LogP contribution in [0.4, 0.5) is 0 Å². The zero-order chi connectivity index (χ0) is 14.4. The molecule has 0 aliphatic carbocycles. The van der Waals surface area contributed by atoms with Gasteiger partial charge >= 0.3 is 0 Å². The molecule has 0 saturated heterocycles. The first-order valence-corrected chi connectivity index (χ1v) is 7.83. The Morgan fingerprint density at radius 3 is 2.35 bits per heavy atom. The summed E-state index contributed by atoms with van der Waals surface area (Å²) in [4.78, 5) is 0. The second kappa shape index (κ2) is 7.67. The largest absolute Gasteiger partial charge is 0.457 e. The lowest BCUT2D eigenvalue weighted by Gasteiger charge is -2.08. The molecule has 0 amide bonds. The molecule has 0 saturated carbocycles. The SMILES string of the molecule is COCCc1ccc(Oc2ccc(CBr)c(Cl)c2)cc1. The van der Waals surface area contributed by atoms with Crippen molar-refractivity contribution in [3.05, 3.63) is 58.6 Å². The number of hydrogen-bond acceptors (Lipinski definition) is 2. The Hall–Kier alpha value is -1.03. The van der Waals surface area contributed by atoms with Crippen molar-refractivity contribution in [2.75, 3.05) is 13.7 Å². The van der Waals surface area contributed by atoms with Gasteiger partial charge < -0.3 is 9.47 Å². The summed E-state index contributed by atoms with van der Waals surface area (Å²) >= 11 is 9.55. The van der Waals surface area contributed by atoms with E-state index < -0.39 is 0 Å². The van der Waals surface area contributed by atoms with Gasteiger partial charge in [0.2, 0.25) is 0 Å². The average Bonchev–Trinajstić information content (AvgIpc) is 2.47. The molecule has 2 aromatic rings. The zero-order valence-electron chi connectivity index (χ0n) is 11.2. The number of halogens is 2. The molecule has 4 heteroatoms. The summed E-state index contributed by atoms with van der Waals surface area (Å²) in [5.74, 6) is 1.54. The predicted molar refractivity (Wildman–Crippen MR) is 86.2 cm³/mol. The molecular weight excluding hydrogens is 340 g/mol. The van der Waals surface area contributed by atoms with Gasteiger partial charge in [0.1, 0.15) is 11.5 Å². The van der Waals surface area contributed by atoms with Crippen LogP contribution < -0.4 is 4.74 Å².